The van der Waals surface area contributed by atoms with Crippen LogP contribution in [0.5, 0.6) is 0 Å². The highest BCUT2D eigenvalue weighted by atomic mass is 35.5. The van der Waals surface area contributed by atoms with Crippen LogP contribution in [0.1, 0.15) is 29.7 Å². The molecule has 0 aliphatic carbocycles. The minimum absolute atomic E-state index is 0.216. The van der Waals surface area contributed by atoms with Gasteiger partial charge in [-0.1, -0.05) is 30.7 Å². The van der Waals surface area contributed by atoms with Crippen molar-refractivity contribution in [1.29, 1.82) is 0 Å². The summed E-state index contributed by atoms with van der Waals surface area (Å²) in [6.07, 6.45) is 2.84. The third kappa shape index (κ3) is 2.94. The summed E-state index contributed by atoms with van der Waals surface area (Å²) < 4.78 is 13.9. The van der Waals surface area contributed by atoms with Crippen LogP contribution in [0.4, 0.5) is 4.39 Å². The van der Waals surface area contributed by atoms with Gasteiger partial charge in [0.05, 0.1) is 12.2 Å². The smallest absolute Gasteiger partial charge is 0.146 e. The van der Waals surface area contributed by atoms with Crippen LogP contribution in [0.25, 0.3) is 0 Å². The van der Waals surface area contributed by atoms with Gasteiger partial charge in [-0.25, -0.2) is 4.39 Å². The minimum Gasteiger partial charge on any atom is -0.306 e. The maximum atomic E-state index is 13.9. The van der Waals surface area contributed by atoms with Crippen LogP contribution in [0.3, 0.4) is 0 Å². The van der Waals surface area contributed by atoms with E-state index in [1.807, 2.05) is 32.0 Å². The first-order valence-electron chi connectivity index (χ1n) is 6.23. The van der Waals surface area contributed by atoms with Gasteiger partial charge in [-0.15, -0.1) is 0 Å². The minimum atomic E-state index is -0.312. The summed E-state index contributed by atoms with van der Waals surface area (Å²) in [5.41, 5.74) is 2.54. The maximum absolute atomic E-state index is 13.9. The second-order valence-corrected chi connectivity index (χ2v) is 4.75. The van der Waals surface area contributed by atoms with E-state index in [0.717, 1.165) is 17.7 Å². The molecule has 1 unspecified atom stereocenters. The number of rotatable bonds is 4. The Balaban J connectivity index is 2.52. The van der Waals surface area contributed by atoms with Crippen molar-refractivity contribution in [2.75, 3.05) is 6.54 Å². The van der Waals surface area contributed by atoms with Gasteiger partial charge in [-0.2, -0.15) is 0 Å². The predicted octanol–water partition coefficient (Wildman–Crippen LogP) is 3.88. The molecule has 2 nitrogen and oxygen atoms in total. The largest absolute Gasteiger partial charge is 0.306 e. The van der Waals surface area contributed by atoms with Crippen LogP contribution in [0, 0.1) is 12.7 Å². The molecule has 19 heavy (non-hydrogen) atoms. The van der Waals surface area contributed by atoms with E-state index in [-0.39, 0.29) is 11.9 Å². The van der Waals surface area contributed by atoms with Crippen LogP contribution in [-0.2, 0) is 0 Å². The first-order valence-corrected chi connectivity index (χ1v) is 6.60. The molecule has 1 aromatic heterocycles. The molecule has 4 heteroatoms. The number of pyridine rings is 1. The summed E-state index contributed by atoms with van der Waals surface area (Å²) in [6, 6.07) is 7.17. The molecule has 0 radical (unpaired) electrons. The summed E-state index contributed by atoms with van der Waals surface area (Å²) >= 11 is 6.15. The predicted molar refractivity (Wildman–Crippen MR) is 75.9 cm³/mol. The molecule has 0 aliphatic heterocycles. The van der Waals surface area contributed by atoms with Crippen molar-refractivity contribution in [3.05, 3.63) is 64.2 Å². The zero-order valence-corrected chi connectivity index (χ0v) is 11.7. The molecule has 1 aromatic carbocycles. The zero-order valence-electron chi connectivity index (χ0n) is 11.0. The Labute approximate surface area is 117 Å². The Kier molecular flexibility index (Phi) is 4.51. The van der Waals surface area contributed by atoms with E-state index in [1.165, 1.54) is 6.20 Å². The Bertz CT molecular complexity index is 572. The fraction of sp³-hybridized carbons (Fsp3) is 0.267. The van der Waals surface area contributed by atoms with E-state index in [2.05, 4.69) is 10.3 Å². The summed E-state index contributed by atoms with van der Waals surface area (Å²) in [6.45, 7) is 4.67. The molecule has 2 aromatic rings. The number of benzene rings is 1. The number of nitrogens with zero attached hydrogens (tertiary/aromatic N) is 1. The zero-order chi connectivity index (χ0) is 13.8. The van der Waals surface area contributed by atoms with Gasteiger partial charge in [0.2, 0.25) is 0 Å². The lowest BCUT2D eigenvalue weighted by molar-refractivity contribution is 0.553. The van der Waals surface area contributed by atoms with E-state index in [9.17, 15) is 4.39 Å². The molecule has 0 saturated carbocycles. The van der Waals surface area contributed by atoms with Gasteiger partial charge in [0.15, 0.2) is 0 Å². The Morgan fingerprint density at radius 2 is 2.11 bits per heavy atom. The molecular formula is C15H16ClFN2. The number of nitrogens with one attached hydrogen (secondary N) is 1. The van der Waals surface area contributed by atoms with Crippen molar-refractivity contribution in [3.8, 4) is 0 Å². The lowest BCUT2D eigenvalue weighted by Gasteiger charge is -2.21. The molecule has 1 heterocycles. The maximum Gasteiger partial charge on any atom is 0.146 e. The van der Waals surface area contributed by atoms with Crippen molar-refractivity contribution in [2.45, 2.75) is 19.9 Å². The lowest BCUT2D eigenvalue weighted by atomic mass is 9.95. The van der Waals surface area contributed by atoms with Gasteiger partial charge in [-0.3, -0.25) is 4.98 Å². The SMILES string of the molecule is CCNC(c1ccncc1F)c1cccc(Cl)c1C. The summed E-state index contributed by atoms with van der Waals surface area (Å²) in [7, 11) is 0. The average molecular weight is 279 g/mol. The van der Waals surface area contributed by atoms with E-state index >= 15 is 0 Å². The molecule has 0 amide bonds. The van der Waals surface area contributed by atoms with Crippen molar-refractivity contribution in [2.24, 2.45) is 0 Å². The van der Waals surface area contributed by atoms with E-state index < -0.39 is 0 Å². The standard InChI is InChI=1S/C15H16ClFN2/c1-3-19-15(12-7-8-18-9-14(12)17)11-5-4-6-13(16)10(11)2/h4-9,15,19H,3H2,1-2H3. The second kappa shape index (κ2) is 6.13. The van der Waals surface area contributed by atoms with Crippen molar-refractivity contribution < 1.29 is 4.39 Å². The molecule has 1 atom stereocenters. The van der Waals surface area contributed by atoms with Crippen LogP contribution >= 0.6 is 11.6 Å². The number of hydrogen-bond acceptors (Lipinski definition) is 2. The summed E-state index contributed by atoms with van der Waals surface area (Å²) in [4.78, 5) is 3.79. The third-order valence-electron chi connectivity index (χ3n) is 3.14. The highest BCUT2D eigenvalue weighted by Gasteiger charge is 2.19. The highest BCUT2D eigenvalue weighted by Crippen LogP contribution is 2.29. The molecule has 100 valence electrons. The molecule has 0 fully saturated rings. The van der Waals surface area contributed by atoms with Crippen LogP contribution in [0.15, 0.2) is 36.7 Å². The highest BCUT2D eigenvalue weighted by molar-refractivity contribution is 6.31. The normalized spacial score (nSPS) is 12.4. The number of halogens is 2. The lowest BCUT2D eigenvalue weighted by Crippen LogP contribution is -2.24. The number of aromatic nitrogens is 1. The quantitative estimate of drug-likeness (QED) is 0.918. The van der Waals surface area contributed by atoms with Crippen LogP contribution in [-0.4, -0.2) is 11.5 Å². The molecule has 0 spiro atoms. The first kappa shape index (κ1) is 14.0. The second-order valence-electron chi connectivity index (χ2n) is 4.34. The Morgan fingerprint density at radius 3 is 2.79 bits per heavy atom. The fourth-order valence-corrected chi connectivity index (χ4v) is 2.33. The Morgan fingerprint density at radius 1 is 1.32 bits per heavy atom. The monoisotopic (exact) mass is 278 g/mol. The van der Waals surface area contributed by atoms with E-state index in [1.54, 1.807) is 12.3 Å². The van der Waals surface area contributed by atoms with Crippen molar-refractivity contribution in [1.82, 2.24) is 10.3 Å². The van der Waals surface area contributed by atoms with E-state index in [0.29, 0.717) is 10.6 Å². The third-order valence-corrected chi connectivity index (χ3v) is 3.55. The summed E-state index contributed by atoms with van der Waals surface area (Å²) in [5, 5.41) is 3.99. The van der Waals surface area contributed by atoms with Gasteiger partial charge in [-0.05, 0) is 36.7 Å². The molecule has 0 saturated heterocycles. The van der Waals surface area contributed by atoms with E-state index in [4.69, 9.17) is 11.6 Å². The molecule has 2 rings (SSSR count). The van der Waals surface area contributed by atoms with Crippen LogP contribution < -0.4 is 5.32 Å². The summed E-state index contributed by atoms with van der Waals surface area (Å²) in [5.74, 6) is -0.312. The molecule has 0 aliphatic rings. The molecule has 0 bridgehead atoms. The van der Waals surface area contributed by atoms with Crippen molar-refractivity contribution >= 4 is 11.6 Å². The number of hydrogen-bond donors (Lipinski definition) is 1. The van der Waals surface area contributed by atoms with Gasteiger partial charge in [0.1, 0.15) is 5.82 Å². The fourth-order valence-electron chi connectivity index (χ4n) is 2.15. The molecular weight excluding hydrogens is 263 g/mol. The van der Waals surface area contributed by atoms with Gasteiger partial charge >= 0.3 is 0 Å². The van der Waals surface area contributed by atoms with Gasteiger partial charge in [0.25, 0.3) is 0 Å². The van der Waals surface area contributed by atoms with Crippen molar-refractivity contribution in [3.63, 3.8) is 0 Å². The first-order chi connectivity index (χ1) is 9.15. The van der Waals surface area contributed by atoms with Gasteiger partial charge in [0, 0.05) is 16.8 Å². The topological polar surface area (TPSA) is 24.9 Å². The Hall–Kier alpha value is -1.45. The van der Waals surface area contributed by atoms with Crippen LogP contribution in [0.2, 0.25) is 5.02 Å². The van der Waals surface area contributed by atoms with Gasteiger partial charge < -0.3 is 5.32 Å². The molecule has 1 N–H and O–H groups in total. The average Bonchev–Trinajstić information content (AvgIpc) is 2.41.